The molecule has 1 aliphatic rings. The largest absolute Gasteiger partial charge is 0.490 e. The monoisotopic (exact) mass is 554 g/mol. The summed E-state index contributed by atoms with van der Waals surface area (Å²) in [5, 5.41) is 6.45. The van der Waals surface area contributed by atoms with Crippen LogP contribution in [0.2, 0.25) is 0 Å². The number of benzene rings is 1. The van der Waals surface area contributed by atoms with Gasteiger partial charge in [0.2, 0.25) is 0 Å². The van der Waals surface area contributed by atoms with E-state index in [0.29, 0.717) is 30.4 Å². The first-order valence-electron chi connectivity index (χ1n) is 10.9. The molecule has 0 bridgehead atoms. The van der Waals surface area contributed by atoms with Crippen LogP contribution in [-0.4, -0.2) is 57.3 Å². The molecule has 31 heavy (non-hydrogen) atoms. The molecule has 1 fully saturated rings. The van der Waals surface area contributed by atoms with Crippen molar-refractivity contribution in [2.45, 2.75) is 52.7 Å². The Kier molecular flexibility index (Phi) is 13.8. The van der Waals surface area contributed by atoms with Crippen molar-refractivity contribution in [3.05, 3.63) is 23.8 Å². The summed E-state index contributed by atoms with van der Waals surface area (Å²) >= 11 is 0. The van der Waals surface area contributed by atoms with Crippen LogP contribution in [0.25, 0.3) is 0 Å². The predicted octanol–water partition coefficient (Wildman–Crippen LogP) is 4.48. The minimum Gasteiger partial charge on any atom is -0.490 e. The number of hydrogen-bond donors (Lipinski definition) is 2. The standard InChI is InChI=1S/C22H36F2N4O2.HI/c1-4-29-19-9-7-8-18(20(19)30-21(23)24)16-27-22(25-3)26-12-5-6-13-28-14-10-17(2)11-15-28;/h7-9,17,21H,4-6,10-16H2,1-3H3,(H2,25,26,27);1H. The van der Waals surface area contributed by atoms with Crippen molar-refractivity contribution >= 4 is 29.9 Å². The second-order valence-electron chi connectivity index (χ2n) is 7.64. The maximum absolute atomic E-state index is 12.8. The quantitative estimate of drug-likeness (QED) is 0.183. The molecule has 0 unspecified atom stereocenters. The zero-order valence-electron chi connectivity index (χ0n) is 18.8. The summed E-state index contributed by atoms with van der Waals surface area (Å²) in [6, 6.07) is 5.12. The molecule has 9 heteroatoms. The summed E-state index contributed by atoms with van der Waals surface area (Å²) in [4.78, 5) is 6.76. The number of unbranched alkanes of at least 4 members (excludes halogenated alkanes) is 1. The van der Waals surface area contributed by atoms with E-state index < -0.39 is 6.61 Å². The summed E-state index contributed by atoms with van der Waals surface area (Å²) in [5.41, 5.74) is 0.587. The molecule has 2 rings (SSSR count). The number of guanidine groups is 1. The number of nitrogens with zero attached hydrogens (tertiary/aromatic N) is 2. The minimum absolute atomic E-state index is 0. The molecule has 1 aliphatic heterocycles. The smallest absolute Gasteiger partial charge is 0.387 e. The van der Waals surface area contributed by atoms with Crippen LogP contribution in [0, 0.1) is 5.92 Å². The van der Waals surface area contributed by atoms with Crippen LogP contribution < -0.4 is 20.1 Å². The first kappa shape index (κ1) is 27.7. The molecule has 0 aromatic heterocycles. The van der Waals surface area contributed by atoms with Crippen molar-refractivity contribution in [1.29, 1.82) is 0 Å². The number of aliphatic imine (C=N–C) groups is 1. The Labute approximate surface area is 202 Å². The Bertz CT molecular complexity index is 656. The Morgan fingerprint density at radius 2 is 1.97 bits per heavy atom. The van der Waals surface area contributed by atoms with E-state index in [4.69, 9.17) is 9.47 Å². The van der Waals surface area contributed by atoms with Crippen molar-refractivity contribution < 1.29 is 18.3 Å². The summed E-state index contributed by atoms with van der Waals surface area (Å²) in [6.45, 7) is 6.26. The van der Waals surface area contributed by atoms with Gasteiger partial charge in [-0.25, -0.2) is 0 Å². The van der Waals surface area contributed by atoms with Crippen molar-refractivity contribution in [2.24, 2.45) is 10.9 Å². The van der Waals surface area contributed by atoms with Crippen LogP contribution in [0.5, 0.6) is 11.5 Å². The number of ether oxygens (including phenoxy) is 2. The lowest BCUT2D eigenvalue weighted by Crippen LogP contribution is -2.38. The van der Waals surface area contributed by atoms with Crippen LogP contribution in [0.4, 0.5) is 8.78 Å². The zero-order chi connectivity index (χ0) is 21.8. The number of piperidine rings is 1. The van der Waals surface area contributed by atoms with E-state index >= 15 is 0 Å². The second kappa shape index (κ2) is 15.4. The van der Waals surface area contributed by atoms with Gasteiger partial charge in [0.15, 0.2) is 17.5 Å². The molecular formula is C22H37F2IN4O2. The topological polar surface area (TPSA) is 58.1 Å². The van der Waals surface area contributed by atoms with E-state index in [1.165, 1.54) is 25.9 Å². The van der Waals surface area contributed by atoms with Crippen LogP contribution in [-0.2, 0) is 6.54 Å². The van der Waals surface area contributed by atoms with Gasteiger partial charge < -0.3 is 25.0 Å². The summed E-state index contributed by atoms with van der Waals surface area (Å²) in [7, 11) is 1.69. The van der Waals surface area contributed by atoms with E-state index in [-0.39, 0.29) is 29.7 Å². The van der Waals surface area contributed by atoms with Gasteiger partial charge in [0.05, 0.1) is 6.61 Å². The van der Waals surface area contributed by atoms with Gasteiger partial charge in [-0.2, -0.15) is 8.78 Å². The third-order valence-corrected chi connectivity index (χ3v) is 5.31. The third kappa shape index (κ3) is 10.2. The van der Waals surface area contributed by atoms with E-state index in [9.17, 15) is 8.78 Å². The van der Waals surface area contributed by atoms with Crippen molar-refractivity contribution in [3.63, 3.8) is 0 Å². The Hall–Kier alpha value is -1.36. The highest BCUT2D eigenvalue weighted by atomic mass is 127. The van der Waals surface area contributed by atoms with Crippen molar-refractivity contribution in [1.82, 2.24) is 15.5 Å². The molecule has 2 N–H and O–H groups in total. The summed E-state index contributed by atoms with van der Waals surface area (Å²) < 4.78 is 35.8. The Balaban J connectivity index is 0.00000480. The molecule has 0 spiro atoms. The molecule has 0 amide bonds. The third-order valence-electron chi connectivity index (χ3n) is 5.31. The van der Waals surface area contributed by atoms with E-state index in [0.717, 1.165) is 31.8 Å². The highest BCUT2D eigenvalue weighted by Crippen LogP contribution is 2.32. The molecule has 0 radical (unpaired) electrons. The summed E-state index contributed by atoms with van der Waals surface area (Å²) in [5.74, 6) is 1.87. The van der Waals surface area contributed by atoms with E-state index in [1.807, 2.05) is 0 Å². The number of likely N-dealkylation sites (tertiary alicyclic amines) is 1. The lowest BCUT2D eigenvalue weighted by atomic mass is 9.99. The fourth-order valence-electron chi connectivity index (χ4n) is 3.54. The van der Waals surface area contributed by atoms with Crippen molar-refractivity contribution in [2.75, 3.05) is 39.8 Å². The average Bonchev–Trinajstić information content (AvgIpc) is 2.73. The number of nitrogens with one attached hydrogen (secondary N) is 2. The van der Waals surface area contributed by atoms with Gasteiger partial charge in [-0.15, -0.1) is 24.0 Å². The zero-order valence-corrected chi connectivity index (χ0v) is 21.2. The molecule has 1 heterocycles. The summed E-state index contributed by atoms with van der Waals surface area (Å²) in [6.07, 6.45) is 4.79. The molecule has 0 atom stereocenters. The van der Waals surface area contributed by atoms with Gasteiger partial charge in [0.25, 0.3) is 0 Å². The maximum Gasteiger partial charge on any atom is 0.387 e. The van der Waals surface area contributed by atoms with Gasteiger partial charge in [-0.3, -0.25) is 4.99 Å². The molecule has 6 nitrogen and oxygen atoms in total. The first-order chi connectivity index (χ1) is 14.5. The van der Waals surface area contributed by atoms with Crippen molar-refractivity contribution in [3.8, 4) is 11.5 Å². The molecule has 1 aromatic rings. The highest BCUT2D eigenvalue weighted by Gasteiger charge is 2.16. The van der Waals surface area contributed by atoms with Gasteiger partial charge in [-0.1, -0.05) is 19.1 Å². The fourth-order valence-corrected chi connectivity index (χ4v) is 3.54. The number of para-hydroxylation sites is 1. The Morgan fingerprint density at radius 1 is 1.23 bits per heavy atom. The number of hydrogen-bond acceptors (Lipinski definition) is 4. The number of halogens is 3. The second-order valence-corrected chi connectivity index (χ2v) is 7.64. The van der Waals surface area contributed by atoms with Crippen LogP contribution in [0.1, 0.15) is 45.1 Å². The van der Waals surface area contributed by atoms with Gasteiger partial charge in [0, 0.05) is 25.7 Å². The molecule has 178 valence electrons. The normalized spacial score (nSPS) is 15.5. The van der Waals surface area contributed by atoms with Crippen LogP contribution in [0.15, 0.2) is 23.2 Å². The molecule has 0 aliphatic carbocycles. The lowest BCUT2D eigenvalue weighted by molar-refractivity contribution is -0.0520. The Morgan fingerprint density at radius 3 is 2.61 bits per heavy atom. The molecular weight excluding hydrogens is 517 g/mol. The van der Waals surface area contributed by atoms with Gasteiger partial charge >= 0.3 is 6.61 Å². The number of rotatable bonds is 11. The van der Waals surface area contributed by atoms with Gasteiger partial charge in [-0.05, 0) is 64.2 Å². The fraction of sp³-hybridized carbons (Fsp3) is 0.682. The minimum atomic E-state index is -2.91. The molecule has 0 saturated carbocycles. The SMILES string of the molecule is CCOc1cccc(CNC(=NC)NCCCCN2CCC(C)CC2)c1OC(F)F.I. The predicted molar refractivity (Wildman–Crippen MR) is 132 cm³/mol. The lowest BCUT2D eigenvalue weighted by Gasteiger charge is -2.30. The van der Waals surface area contributed by atoms with E-state index in [2.05, 4.69) is 27.4 Å². The first-order valence-corrected chi connectivity index (χ1v) is 10.9. The van der Waals surface area contributed by atoms with Crippen LogP contribution >= 0.6 is 24.0 Å². The molecule has 1 aromatic carbocycles. The number of alkyl halides is 2. The molecule has 1 saturated heterocycles. The maximum atomic E-state index is 12.8. The average molecular weight is 554 g/mol. The van der Waals surface area contributed by atoms with Crippen LogP contribution in [0.3, 0.4) is 0 Å². The van der Waals surface area contributed by atoms with Gasteiger partial charge in [0.1, 0.15) is 0 Å². The highest BCUT2D eigenvalue weighted by molar-refractivity contribution is 14.0. The van der Waals surface area contributed by atoms with E-state index in [1.54, 1.807) is 32.2 Å².